The summed E-state index contributed by atoms with van der Waals surface area (Å²) in [5.41, 5.74) is 9.90. The Labute approximate surface area is 179 Å². The van der Waals surface area contributed by atoms with Gasteiger partial charge in [-0.05, 0) is 23.6 Å². The van der Waals surface area contributed by atoms with Crippen molar-refractivity contribution in [2.75, 3.05) is 11.1 Å². The Bertz CT molecular complexity index is 1280. The summed E-state index contributed by atoms with van der Waals surface area (Å²) in [6, 6.07) is 22.3. The number of nitrogens with one attached hydrogen (secondary N) is 1. The van der Waals surface area contributed by atoms with Gasteiger partial charge in [0.25, 0.3) is 0 Å². The number of imidazole rings is 1. The predicted octanol–water partition coefficient (Wildman–Crippen LogP) is 3.45. The van der Waals surface area contributed by atoms with Crippen LogP contribution in [0, 0.1) is 0 Å². The van der Waals surface area contributed by atoms with Crippen molar-refractivity contribution in [3.8, 4) is 5.95 Å². The van der Waals surface area contributed by atoms with Gasteiger partial charge < -0.3 is 11.1 Å². The van der Waals surface area contributed by atoms with Crippen molar-refractivity contribution in [3.05, 3.63) is 90.3 Å². The van der Waals surface area contributed by atoms with E-state index in [0.717, 1.165) is 12.0 Å². The minimum absolute atomic E-state index is 0.340. The fourth-order valence-electron chi connectivity index (χ4n) is 3.52. The maximum Gasteiger partial charge on any atom is 0.233 e. The van der Waals surface area contributed by atoms with E-state index in [1.807, 2.05) is 53.2 Å². The van der Waals surface area contributed by atoms with Gasteiger partial charge in [-0.15, -0.1) is 0 Å². The number of nitrogen functional groups attached to an aromatic ring is 1. The van der Waals surface area contributed by atoms with Crippen LogP contribution in [0.25, 0.3) is 17.1 Å². The monoisotopic (exact) mass is 410 g/mol. The van der Waals surface area contributed by atoms with Gasteiger partial charge in [-0.2, -0.15) is 15.1 Å². The molecule has 2 aromatic carbocycles. The summed E-state index contributed by atoms with van der Waals surface area (Å²) in [5.74, 6) is 1.48. The lowest BCUT2D eigenvalue weighted by Gasteiger charge is -2.10. The molecule has 5 rings (SSSR count). The van der Waals surface area contributed by atoms with Gasteiger partial charge >= 0.3 is 0 Å². The predicted molar refractivity (Wildman–Crippen MR) is 121 cm³/mol. The van der Waals surface area contributed by atoms with E-state index >= 15 is 0 Å². The quantitative estimate of drug-likeness (QED) is 0.426. The van der Waals surface area contributed by atoms with Crippen LogP contribution in [0.5, 0.6) is 0 Å². The number of nitrogens with two attached hydrogens (primary N) is 1. The van der Waals surface area contributed by atoms with Crippen molar-refractivity contribution < 1.29 is 0 Å². The lowest BCUT2D eigenvalue weighted by molar-refractivity contribution is 0.659. The molecule has 0 radical (unpaired) electrons. The molecule has 5 aromatic rings. The number of fused-ring (bicyclic) bond motifs is 1. The van der Waals surface area contributed by atoms with Crippen LogP contribution in [0.2, 0.25) is 0 Å². The molecule has 31 heavy (non-hydrogen) atoms. The molecule has 0 bridgehead atoms. The van der Waals surface area contributed by atoms with E-state index in [9.17, 15) is 0 Å². The smallest absolute Gasteiger partial charge is 0.233 e. The van der Waals surface area contributed by atoms with Crippen molar-refractivity contribution in [1.82, 2.24) is 29.3 Å². The van der Waals surface area contributed by atoms with E-state index in [1.165, 1.54) is 5.56 Å². The number of benzene rings is 2. The number of hydrogen-bond donors (Lipinski definition) is 2. The Balaban J connectivity index is 1.52. The molecule has 154 valence electrons. The molecule has 0 spiro atoms. The molecular formula is C23H22N8. The van der Waals surface area contributed by atoms with Crippen molar-refractivity contribution in [1.29, 1.82) is 0 Å². The van der Waals surface area contributed by atoms with Crippen molar-refractivity contribution in [2.24, 2.45) is 0 Å². The third-order valence-corrected chi connectivity index (χ3v) is 5.07. The first-order valence-corrected chi connectivity index (χ1v) is 10.1. The van der Waals surface area contributed by atoms with E-state index in [2.05, 4.69) is 39.7 Å². The van der Waals surface area contributed by atoms with E-state index in [4.69, 9.17) is 15.7 Å². The molecule has 8 nitrogen and oxygen atoms in total. The zero-order valence-corrected chi connectivity index (χ0v) is 16.9. The van der Waals surface area contributed by atoms with Crippen molar-refractivity contribution >= 4 is 22.9 Å². The Morgan fingerprint density at radius 2 is 1.58 bits per heavy atom. The van der Waals surface area contributed by atoms with Crippen molar-refractivity contribution in [2.45, 2.75) is 19.5 Å². The molecule has 3 N–H and O–H groups in total. The molecule has 3 heterocycles. The van der Waals surface area contributed by atoms with Gasteiger partial charge in [0.1, 0.15) is 0 Å². The van der Waals surface area contributed by atoms with Crippen LogP contribution in [-0.4, -0.2) is 29.3 Å². The molecule has 0 aliphatic heterocycles. The third kappa shape index (κ3) is 3.95. The largest absolute Gasteiger partial charge is 0.382 e. The van der Waals surface area contributed by atoms with E-state index < -0.39 is 0 Å². The van der Waals surface area contributed by atoms with Gasteiger partial charge in [0, 0.05) is 25.5 Å². The first-order chi connectivity index (χ1) is 15.3. The van der Waals surface area contributed by atoms with Gasteiger partial charge in [0.2, 0.25) is 11.9 Å². The van der Waals surface area contributed by atoms with Gasteiger partial charge in [0.05, 0.1) is 0 Å². The molecule has 0 aliphatic carbocycles. The lowest BCUT2D eigenvalue weighted by Crippen LogP contribution is -2.11. The fraction of sp³-hybridized carbons (Fsp3) is 0.130. The number of rotatable bonds is 7. The molecular weight excluding hydrogens is 388 g/mol. The number of hydrogen-bond acceptors (Lipinski definition) is 6. The van der Waals surface area contributed by atoms with Crippen LogP contribution in [-0.2, 0) is 19.5 Å². The average molecular weight is 410 g/mol. The summed E-state index contributed by atoms with van der Waals surface area (Å²) in [5, 5.41) is 7.63. The third-order valence-electron chi connectivity index (χ3n) is 5.07. The SMILES string of the molecule is Nc1nc(NCc2ccccc2)nc2c1nc(-n1cccn1)n2CCc1ccccc1. The van der Waals surface area contributed by atoms with Gasteiger partial charge in [0.15, 0.2) is 17.0 Å². The summed E-state index contributed by atoms with van der Waals surface area (Å²) in [4.78, 5) is 13.9. The number of anilines is 2. The molecule has 0 saturated carbocycles. The molecule has 0 unspecified atom stereocenters. The zero-order chi connectivity index (χ0) is 21.0. The normalized spacial score (nSPS) is 11.1. The lowest BCUT2D eigenvalue weighted by atomic mass is 10.1. The first kappa shape index (κ1) is 18.8. The van der Waals surface area contributed by atoms with E-state index in [1.54, 1.807) is 10.9 Å². The highest BCUT2D eigenvalue weighted by atomic mass is 15.4. The highest BCUT2D eigenvalue weighted by Gasteiger charge is 2.18. The Morgan fingerprint density at radius 1 is 0.839 bits per heavy atom. The summed E-state index contributed by atoms with van der Waals surface area (Å²) in [6.07, 6.45) is 4.42. The number of nitrogens with zero attached hydrogens (tertiary/aromatic N) is 6. The van der Waals surface area contributed by atoms with Crippen molar-refractivity contribution in [3.63, 3.8) is 0 Å². The molecule has 0 aliphatic rings. The van der Waals surface area contributed by atoms with E-state index in [0.29, 0.717) is 42.0 Å². The highest BCUT2D eigenvalue weighted by molar-refractivity contribution is 5.84. The Hall–Kier alpha value is -4.20. The fourth-order valence-corrected chi connectivity index (χ4v) is 3.52. The molecule has 3 aromatic heterocycles. The van der Waals surface area contributed by atoms with Crippen LogP contribution in [0.15, 0.2) is 79.1 Å². The summed E-state index contributed by atoms with van der Waals surface area (Å²) in [7, 11) is 0. The summed E-state index contributed by atoms with van der Waals surface area (Å²) in [6.45, 7) is 1.29. The van der Waals surface area contributed by atoms with Gasteiger partial charge in [-0.25, -0.2) is 9.67 Å². The molecule has 0 amide bonds. The molecule has 8 heteroatoms. The minimum atomic E-state index is 0.340. The second-order valence-electron chi connectivity index (χ2n) is 7.19. The first-order valence-electron chi connectivity index (χ1n) is 10.1. The minimum Gasteiger partial charge on any atom is -0.382 e. The standard InChI is InChI=1S/C23H22N8/c24-20-19-21(29-22(28-20)25-16-18-10-5-2-6-11-18)30(15-12-17-8-3-1-4-9-17)23(27-19)31-14-7-13-26-31/h1-11,13-14H,12,15-16H2,(H3,24,25,28,29). The zero-order valence-electron chi connectivity index (χ0n) is 16.9. The van der Waals surface area contributed by atoms with Crippen LogP contribution in [0.3, 0.4) is 0 Å². The van der Waals surface area contributed by atoms with Crippen LogP contribution >= 0.6 is 0 Å². The Kier molecular flexibility index (Phi) is 5.02. The van der Waals surface area contributed by atoms with Crippen LogP contribution < -0.4 is 11.1 Å². The van der Waals surface area contributed by atoms with Gasteiger partial charge in [-0.3, -0.25) is 4.57 Å². The highest BCUT2D eigenvalue weighted by Crippen LogP contribution is 2.23. The molecule has 0 saturated heterocycles. The average Bonchev–Trinajstić information content (AvgIpc) is 3.46. The van der Waals surface area contributed by atoms with Crippen LogP contribution in [0.4, 0.5) is 11.8 Å². The summed E-state index contributed by atoms with van der Waals surface area (Å²) < 4.78 is 3.77. The van der Waals surface area contributed by atoms with Crippen LogP contribution in [0.1, 0.15) is 11.1 Å². The van der Waals surface area contributed by atoms with E-state index in [-0.39, 0.29) is 0 Å². The maximum atomic E-state index is 6.27. The molecule has 0 fully saturated rings. The number of aryl methyl sites for hydroxylation is 2. The second-order valence-corrected chi connectivity index (χ2v) is 7.19. The Morgan fingerprint density at radius 3 is 2.29 bits per heavy atom. The summed E-state index contributed by atoms with van der Waals surface area (Å²) >= 11 is 0. The number of aromatic nitrogens is 6. The molecule has 0 atom stereocenters. The van der Waals surface area contributed by atoms with Gasteiger partial charge in [-0.1, -0.05) is 60.7 Å². The second kappa shape index (κ2) is 8.27. The maximum absolute atomic E-state index is 6.27. The topological polar surface area (TPSA) is 99.5 Å².